The number of benzene rings is 1. The zero-order chi connectivity index (χ0) is 7.23. The number of carbonyl (C=O) groups is 1. The molecule has 0 bridgehead atoms. The minimum atomic E-state index is 0. The third kappa shape index (κ3) is 4.99. The molecule has 2 nitrogen and oxygen atoms in total. The molecule has 0 amide bonds. The molecular weight excluding hydrogens is 199 g/mol. The number of rotatable bonds is 3. The first-order valence-corrected chi connectivity index (χ1v) is 3.05. The molecule has 0 saturated heterocycles. The van der Waals surface area contributed by atoms with Crippen molar-refractivity contribution in [1.82, 2.24) is 0 Å². The summed E-state index contributed by atoms with van der Waals surface area (Å²) in [6.45, 7) is 0.129. The van der Waals surface area contributed by atoms with Gasteiger partial charge in [0.05, 0.1) is 0 Å². The van der Waals surface area contributed by atoms with E-state index in [1.54, 1.807) is 0 Å². The maximum Gasteiger partial charge on any atom is 0.157 e. The van der Waals surface area contributed by atoms with Crippen molar-refractivity contribution in [2.24, 2.45) is 0 Å². The first kappa shape index (κ1) is 13.8. The molecule has 0 radical (unpaired) electrons. The van der Waals surface area contributed by atoms with Crippen molar-refractivity contribution < 1.29 is 9.53 Å². The second-order valence-corrected chi connectivity index (χ2v) is 1.79. The standard InChI is InChI=1S/C8H8O2.2ClH/c9-6-7-10-8-4-2-1-3-5-8;;/h1-6H,7H2;2*1H. The molecule has 0 saturated carbocycles. The highest BCUT2D eigenvalue weighted by molar-refractivity contribution is 5.85. The summed E-state index contributed by atoms with van der Waals surface area (Å²) in [5.41, 5.74) is 0. The molecule has 0 aromatic heterocycles. The predicted molar refractivity (Wildman–Crippen MR) is 52.5 cm³/mol. The van der Waals surface area contributed by atoms with Crippen LogP contribution in [-0.4, -0.2) is 12.9 Å². The number of ether oxygens (including phenoxy) is 1. The molecular formula is C8H10Cl2O2. The fraction of sp³-hybridized carbons (Fsp3) is 0.125. The van der Waals surface area contributed by atoms with Crippen LogP contribution in [-0.2, 0) is 4.79 Å². The summed E-state index contributed by atoms with van der Waals surface area (Å²) >= 11 is 0. The van der Waals surface area contributed by atoms with Gasteiger partial charge in [0, 0.05) is 0 Å². The first-order valence-electron chi connectivity index (χ1n) is 3.05. The molecule has 12 heavy (non-hydrogen) atoms. The lowest BCUT2D eigenvalue weighted by Gasteiger charge is -1.98. The van der Waals surface area contributed by atoms with E-state index < -0.39 is 0 Å². The molecule has 0 atom stereocenters. The third-order valence-electron chi connectivity index (χ3n) is 1.06. The Labute approximate surface area is 83.7 Å². The highest BCUT2D eigenvalue weighted by atomic mass is 35.5. The Hall–Kier alpha value is -0.730. The van der Waals surface area contributed by atoms with E-state index in [1.165, 1.54) is 0 Å². The Morgan fingerprint density at radius 3 is 2.25 bits per heavy atom. The van der Waals surface area contributed by atoms with Crippen molar-refractivity contribution in [3.8, 4) is 5.75 Å². The molecule has 0 aliphatic heterocycles. The van der Waals surface area contributed by atoms with Gasteiger partial charge in [-0.3, -0.25) is 4.79 Å². The molecule has 1 aromatic rings. The van der Waals surface area contributed by atoms with Crippen LogP contribution < -0.4 is 4.74 Å². The maximum absolute atomic E-state index is 9.85. The number of aldehydes is 1. The summed E-state index contributed by atoms with van der Waals surface area (Å²) in [5.74, 6) is 0.731. The van der Waals surface area contributed by atoms with Crippen LogP contribution in [0.2, 0.25) is 0 Å². The fourth-order valence-corrected chi connectivity index (χ4v) is 0.647. The Morgan fingerprint density at radius 2 is 1.75 bits per heavy atom. The fourth-order valence-electron chi connectivity index (χ4n) is 0.647. The van der Waals surface area contributed by atoms with Crippen LogP contribution in [0.25, 0.3) is 0 Å². The summed E-state index contributed by atoms with van der Waals surface area (Å²) in [7, 11) is 0. The van der Waals surface area contributed by atoms with Crippen LogP contribution in [0.5, 0.6) is 5.75 Å². The first-order chi connectivity index (χ1) is 4.93. The van der Waals surface area contributed by atoms with Gasteiger partial charge in [0.2, 0.25) is 0 Å². The van der Waals surface area contributed by atoms with Gasteiger partial charge in [0.1, 0.15) is 12.4 Å². The summed E-state index contributed by atoms with van der Waals surface area (Å²) in [6, 6.07) is 9.24. The third-order valence-corrected chi connectivity index (χ3v) is 1.06. The normalized spacial score (nSPS) is 7.33. The number of hydrogen-bond acceptors (Lipinski definition) is 2. The van der Waals surface area contributed by atoms with E-state index in [-0.39, 0.29) is 31.4 Å². The molecule has 0 aliphatic rings. The van der Waals surface area contributed by atoms with Gasteiger partial charge in [0.15, 0.2) is 6.29 Å². The Balaban J connectivity index is 0. The van der Waals surface area contributed by atoms with E-state index >= 15 is 0 Å². The average Bonchev–Trinajstić information content (AvgIpc) is 2.03. The Bertz CT molecular complexity index is 201. The summed E-state index contributed by atoms with van der Waals surface area (Å²) in [6.07, 6.45) is 0.729. The van der Waals surface area contributed by atoms with Crippen molar-refractivity contribution in [2.45, 2.75) is 0 Å². The molecule has 1 aromatic carbocycles. The molecule has 68 valence electrons. The van der Waals surface area contributed by atoms with E-state index in [9.17, 15) is 4.79 Å². The molecule has 0 heterocycles. The van der Waals surface area contributed by atoms with Gasteiger partial charge in [-0.1, -0.05) is 18.2 Å². The Kier molecular flexibility index (Phi) is 9.65. The zero-order valence-corrected chi connectivity index (χ0v) is 7.94. The summed E-state index contributed by atoms with van der Waals surface area (Å²) in [4.78, 5) is 9.85. The molecule has 4 heteroatoms. The SMILES string of the molecule is Cl.Cl.O=CCOc1ccccc1. The minimum absolute atomic E-state index is 0. The van der Waals surface area contributed by atoms with Gasteiger partial charge < -0.3 is 4.74 Å². The quantitative estimate of drug-likeness (QED) is 0.712. The molecule has 0 spiro atoms. The van der Waals surface area contributed by atoms with Gasteiger partial charge in [0.25, 0.3) is 0 Å². The van der Waals surface area contributed by atoms with E-state index in [1.807, 2.05) is 30.3 Å². The Morgan fingerprint density at radius 1 is 1.17 bits per heavy atom. The number of halogens is 2. The lowest BCUT2D eigenvalue weighted by molar-refractivity contribution is -0.109. The topological polar surface area (TPSA) is 26.3 Å². The van der Waals surface area contributed by atoms with E-state index in [2.05, 4.69) is 0 Å². The van der Waals surface area contributed by atoms with Crippen LogP contribution in [0.1, 0.15) is 0 Å². The second-order valence-electron chi connectivity index (χ2n) is 1.79. The molecule has 0 fully saturated rings. The second kappa shape index (κ2) is 8.37. The molecule has 1 rings (SSSR count). The minimum Gasteiger partial charge on any atom is -0.486 e. The van der Waals surface area contributed by atoms with Crippen molar-refractivity contribution in [3.05, 3.63) is 30.3 Å². The highest BCUT2D eigenvalue weighted by Gasteiger charge is 1.86. The van der Waals surface area contributed by atoms with Crippen LogP contribution in [0, 0.1) is 0 Å². The average molecular weight is 209 g/mol. The number of hydrogen-bond donors (Lipinski definition) is 0. The number of para-hydroxylation sites is 1. The van der Waals surface area contributed by atoms with Crippen LogP contribution in [0.15, 0.2) is 30.3 Å². The van der Waals surface area contributed by atoms with Crippen molar-refractivity contribution in [1.29, 1.82) is 0 Å². The van der Waals surface area contributed by atoms with Gasteiger partial charge in [-0.05, 0) is 12.1 Å². The highest BCUT2D eigenvalue weighted by Crippen LogP contribution is 2.06. The summed E-state index contributed by atoms with van der Waals surface area (Å²) < 4.78 is 4.99. The van der Waals surface area contributed by atoms with Gasteiger partial charge >= 0.3 is 0 Å². The van der Waals surface area contributed by atoms with E-state index in [4.69, 9.17) is 4.74 Å². The lowest BCUT2D eigenvalue weighted by Crippen LogP contribution is -1.96. The van der Waals surface area contributed by atoms with Gasteiger partial charge in [-0.2, -0.15) is 0 Å². The predicted octanol–water partition coefficient (Wildman–Crippen LogP) is 2.11. The van der Waals surface area contributed by atoms with Gasteiger partial charge in [-0.25, -0.2) is 0 Å². The largest absolute Gasteiger partial charge is 0.486 e. The lowest BCUT2D eigenvalue weighted by atomic mass is 10.3. The molecule has 0 unspecified atom stereocenters. The van der Waals surface area contributed by atoms with E-state index in [0.717, 1.165) is 12.0 Å². The van der Waals surface area contributed by atoms with Crippen LogP contribution in [0.4, 0.5) is 0 Å². The van der Waals surface area contributed by atoms with Crippen LogP contribution >= 0.6 is 24.8 Å². The van der Waals surface area contributed by atoms with Gasteiger partial charge in [-0.15, -0.1) is 24.8 Å². The van der Waals surface area contributed by atoms with E-state index in [0.29, 0.717) is 0 Å². The monoisotopic (exact) mass is 208 g/mol. The smallest absolute Gasteiger partial charge is 0.157 e. The zero-order valence-electron chi connectivity index (χ0n) is 6.30. The van der Waals surface area contributed by atoms with Crippen LogP contribution in [0.3, 0.4) is 0 Å². The maximum atomic E-state index is 9.85. The summed E-state index contributed by atoms with van der Waals surface area (Å²) in [5, 5.41) is 0. The van der Waals surface area contributed by atoms with Crippen molar-refractivity contribution >= 4 is 31.1 Å². The van der Waals surface area contributed by atoms with Crippen molar-refractivity contribution in [2.75, 3.05) is 6.61 Å². The number of carbonyl (C=O) groups excluding carboxylic acids is 1. The molecule has 0 N–H and O–H groups in total. The van der Waals surface area contributed by atoms with Crippen molar-refractivity contribution in [3.63, 3.8) is 0 Å². The molecule has 0 aliphatic carbocycles.